The number of benzene rings is 3. The zero-order valence-electron chi connectivity index (χ0n) is 18.5. The summed E-state index contributed by atoms with van der Waals surface area (Å²) in [4.78, 5) is 10.9. The summed E-state index contributed by atoms with van der Waals surface area (Å²) in [5, 5.41) is 27.6. The van der Waals surface area contributed by atoms with Gasteiger partial charge in [0.05, 0.1) is 4.92 Å². The molecule has 0 saturated heterocycles. The maximum absolute atomic E-state index is 11.3. The summed E-state index contributed by atoms with van der Waals surface area (Å²) >= 11 is 5.75. The maximum atomic E-state index is 11.3. The van der Waals surface area contributed by atoms with Crippen LogP contribution in [0.15, 0.2) is 85.2 Å². The van der Waals surface area contributed by atoms with Crippen LogP contribution in [0.25, 0.3) is 22.2 Å². The Hall–Kier alpha value is -3.81. The van der Waals surface area contributed by atoms with E-state index < -0.39 is 4.92 Å². The molecule has 0 spiro atoms. The Balaban J connectivity index is 0.00000324. The highest BCUT2D eigenvalue weighted by atomic mass is 35.5. The summed E-state index contributed by atoms with van der Waals surface area (Å²) in [7, 11) is 0. The van der Waals surface area contributed by atoms with E-state index in [0.717, 1.165) is 27.6 Å². The van der Waals surface area contributed by atoms with Crippen LogP contribution in [0.3, 0.4) is 0 Å². The predicted molar refractivity (Wildman–Crippen MR) is 135 cm³/mol. The van der Waals surface area contributed by atoms with E-state index in [2.05, 4.69) is 5.32 Å². The molecule has 0 aliphatic rings. The van der Waals surface area contributed by atoms with Gasteiger partial charge in [-0.15, -0.1) is 0 Å². The van der Waals surface area contributed by atoms with E-state index in [4.69, 9.17) is 12.2 Å². The van der Waals surface area contributed by atoms with Gasteiger partial charge in [-0.2, -0.15) is 4.57 Å². The van der Waals surface area contributed by atoms with Crippen LogP contribution in [0, 0.1) is 24.0 Å². The molecule has 2 N–H and O–H groups in total. The second-order valence-electron chi connectivity index (χ2n) is 7.68. The lowest BCUT2D eigenvalue weighted by molar-refractivity contribution is -0.574. The maximum Gasteiger partial charge on any atom is 0.288 e. The SMILES string of the molecule is Cc1cccc(NC(=S)/C(=C(\O)c2ccc([N+](=O)[O-])cc2)[n+]2ccc3ccccc3c2)c1C.[Cl-]. The van der Waals surface area contributed by atoms with Crippen LogP contribution in [-0.2, 0) is 0 Å². The van der Waals surface area contributed by atoms with Gasteiger partial charge in [0, 0.05) is 34.8 Å². The first-order valence-electron chi connectivity index (χ1n) is 10.3. The number of nitrogens with zero attached hydrogens (tertiary/aromatic N) is 2. The molecule has 1 heterocycles. The van der Waals surface area contributed by atoms with Crippen molar-refractivity contribution in [2.24, 2.45) is 0 Å². The number of halogens is 1. The molecule has 0 aliphatic carbocycles. The molecule has 172 valence electrons. The van der Waals surface area contributed by atoms with Crippen molar-refractivity contribution in [1.29, 1.82) is 0 Å². The van der Waals surface area contributed by atoms with Crippen LogP contribution in [0.1, 0.15) is 16.7 Å². The van der Waals surface area contributed by atoms with E-state index in [-0.39, 0.29) is 23.9 Å². The Bertz CT molecular complexity index is 1420. The van der Waals surface area contributed by atoms with Crippen LogP contribution >= 0.6 is 12.2 Å². The standard InChI is InChI=1S/C26H21N3O3S.ClH/c1-17-6-5-9-23(18(17)2)27-26(33)24(25(30)20-10-12-22(13-11-20)29(31)32)28-15-14-19-7-3-4-8-21(19)16-28;/h3-16H,1-2H3,(H-,27,30,33);1H. The number of nitrogens with one attached hydrogen (secondary N) is 1. The molecule has 0 aliphatic heterocycles. The van der Waals surface area contributed by atoms with Crippen LogP contribution < -0.4 is 22.3 Å². The number of non-ortho nitro benzene ring substituents is 1. The van der Waals surface area contributed by atoms with Crippen LogP contribution in [0.4, 0.5) is 11.4 Å². The van der Waals surface area contributed by atoms with Gasteiger partial charge in [-0.05, 0) is 54.6 Å². The highest BCUT2D eigenvalue weighted by molar-refractivity contribution is 7.81. The Kier molecular flexibility index (Phi) is 7.61. The van der Waals surface area contributed by atoms with Crippen molar-refractivity contribution in [2.45, 2.75) is 13.8 Å². The number of nitro groups is 1. The van der Waals surface area contributed by atoms with E-state index in [1.165, 1.54) is 24.3 Å². The molecule has 4 aromatic rings. The van der Waals surface area contributed by atoms with Gasteiger partial charge >= 0.3 is 0 Å². The molecule has 34 heavy (non-hydrogen) atoms. The van der Waals surface area contributed by atoms with Crippen molar-refractivity contribution >= 4 is 50.8 Å². The molecule has 6 nitrogen and oxygen atoms in total. The minimum Gasteiger partial charge on any atom is -1.00 e. The van der Waals surface area contributed by atoms with E-state index in [1.807, 2.05) is 74.8 Å². The molecular formula is C26H22ClN3O3S. The average molecular weight is 492 g/mol. The van der Waals surface area contributed by atoms with Crippen molar-refractivity contribution in [3.8, 4) is 0 Å². The number of rotatable bonds is 5. The number of hydrogen-bond acceptors (Lipinski definition) is 4. The summed E-state index contributed by atoms with van der Waals surface area (Å²) in [5.74, 6) is -0.0898. The zero-order valence-corrected chi connectivity index (χ0v) is 20.1. The van der Waals surface area contributed by atoms with Gasteiger partial charge in [0.1, 0.15) is 0 Å². The summed E-state index contributed by atoms with van der Waals surface area (Å²) in [6, 6.07) is 21.5. The molecule has 0 bridgehead atoms. The number of hydrogen-bond donors (Lipinski definition) is 2. The fraction of sp³-hybridized carbons (Fsp3) is 0.0769. The number of nitro benzene ring substituents is 1. The summed E-state index contributed by atoms with van der Waals surface area (Å²) in [5.41, 5.74) is 3.74. The van der Waals surface area contributed by atoms with Gasteiger partial charge in [0.15, 0.2) is 23.1 Å². The quantitative estimate of drug-likeness (QED) is 0.112. The van der Waals surface area contributed by atoms with E-state index in [9.17, 15) is 15.2 Å². The van der Waals surface area contributed by atoms with Gasteiger partial charge < -0.3 is 22.8 Å². The minimum absolute atomic E-state index is 0. The highest BCUT2D eigenvalue weighted by Crippen LogP contribution is 2.24. The number of aliphatic hydroxyl groups is 1. The van der Waals surface area contributed by atoms with Gasteiger partial charge in [-0.25, -0.2) is 0 Å². The van der Waals surface area contributed by atoms with Crippen molar-refractivity contribution in [1.82, 2.24) is 0 Å². The van der Waals surface area contributed by atoms with Crippen molar-refractivity contribution in [3.05, 3.63) is 112 Å². The molecule has 0 atom stereocenters. The number of pyridine rings is 1. The molecule has 0 unspecified atom stereocenters. The van der Waals surface area contributed by atoms with Crippen LogP contribution in [0.2, 0.25) is 0 Å². The van der Waals surface area contributed by atoms with Crippen LogP contribution in [-0.4, -0.2) is 15.0 Å². The van der Waals surface area contributed by atoms with Crippen molar-refractivity contribution in [2.75, 3.05) is 5.32 Å². The second-order valence-corrected chi connectivity index (χ2v) is 8.09. The Morgan fingerprint density at radius 2 is 1.65 bits per heavy atom. The molecule has 0 saturated carbocycles. The third-order valence-corrected chi connectivity index (χ3v) is 5.89. The van der Waals surface area contributed by atoms with E-state index in [1.54, 1.807) is 4.57 Å². The molecular weight excluding hydrogens is 470 g/mol. The highest BCUT2D eigenvalue weighted by Gasteiger charge is 2.25. The van der Waals surface area contributed by atoms with Gasteiger partial charge in [0.25, 0.3) is 11.4 Å². The first-order valence-corrected chi connectivity index (χ1v) is 10.7. The minimum atomic E-state index is -0.476. The molecule has 4 rings (SSSR count). The molecule has 0 radical (unpaired) electrons. The zero-order chi connectivity index (χ0) is 23.5. The lowest BCUT2D eigenvalue weighted by Crippen LogP contribution is -3.00. The fourth-order valence-electron chi connectivity index (χ4n) is 3.57. The smallest absolute Gasteiger partial charge is 0.288 e. The van der Waals surface area contributed by atoms with Gasteiger partial charge in [0.2, 0.25) is 0 Å². The third-order valence-electron chi connectivity index (χ3n) is 5.59. The number of anilines is 1. The molecule has 3 aromatic carbocycles. The Morgan fingerprint density at radius 1 is 0.971 bits per heavy atom. The van der Waals surface area contributed by atoms with Crippen molar-refractivity contribution < 1.29 is 27.0 Å². The normalized spacial score (nSPS) is 11.4. The molecule has 8 heteroatoms. The lowest BCUT2D eigenvalue weighted by Gasteiger charge is -2.13. The largest absolute Gasteiger partial charge is 1.00 e. The number of fused-ring (bicyclic) bond motifs is 1. The Morgan fingerprint density at radius 3 is 2.32 bits per heavy atom. The topological polar surface area (TPSA) is 79.3 Å². The molecule has 0 fully saturated rings. The van der Waals surface area contributed by atoms with E-state index in [0.29, 0.717) is 16.2 Å². The first-order chi connectivity index (χ1) is 15.8. The number of aryl methyl sites for hydroxylation is 1. The molecule has 1 aromatic heterocycles. The summed E-state index contributed by atoms with van der Waals surface area (Å²) < 4.78 is 1.76. The Labute approximate surface area is 208 Å². The monoisotopic (exact) mass is 491 g/mol. The molecule has 0 amide bonds. The lowest BCUT2D eigenvalue weighted by atomic mass is 10.1. The second kappa shape index (κ2) is 10.4. The first kappa shape index (κ1) is 24.8. The third kappa shape index (κ3) is 5.06. The van der Waals surface area contributed by atoms with Crippen LogP contribution in [0.5, 0.6) is 0 Å². The summed E-state index contributed by atoms with van der Waals surface area (Å²) in [6.07, 6.45) is 3.72. The van der Waals surface area contributed by atoms with Crippen molar-refractivity contribution in [3.63, 3.8) is 0 Å². The average Bonchev–Trinajstić information content (AvgIpc) is 2.82. The van der Waals surface area contributed by atoms with Gasteiger partial charge in [-0.3, -0.25) is 10.1 Å². The van der Waals surface area contributed by atoms with Gasteiger partial charge in [-0.1, -0.05) is 42.5 Å². The number of thiocarbonyl (C=S) groups is 1. The fourth-order valence-corrected chi connectivity index (χ4v) is 3.88. The predicted octanol–water partition coefficient (Wildman–Crippen LogP) is 2.98. The van der Waals surface area contributed by atoms with E-state index >= 15 is 0 Å². The number of aliphatic hydroxyl groups excluding tert-OH is 1. The number of aromatic nitrogens is 1. The summed E-state index contributed by atoms with van der Waals surface area (Å²) in [6.45, 7) is 4.02.